The second-order valence-electron chi connectivity index (χ2n) is 6.50. The Morgan fingerprint density at radius 3 is 2.47 bits per heavy atom. The quantitative estimate of drug-likeness (QED) is 0.151. The lowest BCUT2D eigenvalue weighted by molar-refractivity contribution is -0.384. The Morgan fingerprint density at radius 1 is 1.06 bits per heavy atom. The number of benzene rings is 3. The topological polar surface area (TPSA) is 63.4 Å². The van der Waals surface area contributed by atoms with E-state index in [4.69, 9.17) is 35.4 Å². The van der Waals surface area contributed by atoms with Gasteiger partial charge in [-0.3, -0.25) is 19.8 Å². The van der Waals surface area contributed by atoms with Gasteiger partial charge in [0.25, 0.3) is 11.6 Å². The zero-order chi connectivity index (χ0) is 22.8. The molecule has 160 valence electrons. The predicted octanol–water partition coefficient (Wildman–Crippen LogP) is 7.46. The van der Waals surface area contributed by atoms with Crippen molar-refractivity contribution in [1.82, 2.24) is 0 Å². The lowest BCUT2D eigenvalue weighted by Crippen LogP contribution is -2.27. The molecule has 1 saturated heterocycles. The minimum Gasteiger partial charge on any atom is -0.268 e. The highest BCUT2D eigenvalue weighted by Gasteiger charge is 2.34. The Bertz CT molecular complexity index is 1280. The number of carbonyl (C=O) groups excluding carboxylic acids is 1. The zero-order valence-corrected chi connectivity index (χ0v) is 20.0. The molecule has 1 aliphatic rings. The van der Waals surface area contributed by atoms with E-state index < -0.39 is 4.92 Å². The van der Waals surface area contributed by atoms with E-state index in [2.05, 4.69) is 0 Å². The Hall–Kier alpha value is -2.36. The lowest BCUT2D eigenvalue weighted by Gasteiger charge is -2.15. The first kappa shape index (κ1) is 22.8. The Labute approximate surface area is 207 Å². The molecule has 3 aromatic carbocycles. The monoisotopic (exact) mass is 518 g/mol. The summed E-state index contributed by atoms with van der Waals surface area (Å²) in [5.41, 5.74) is 0.965. The Balaban J connectivity index is 1.73. The van der Waals surface area contributed by atoms with E-state index in [-0.39, 0.29) is 11.6 Å². The van der Waals surface area contributed by atoms with Crippen molar-refractivity contribution < 1.29 is 9.72 Å². The first-order chi connectivity index (χ1) is 15.3. The lowest BCUT2D eigenvalue weighted by atomic mass is 10.2. The number of nitro benzene ring substituents is 1. The second kappa shape index (κ2) is 9.64. The van der Waals surface area contributed by atoms with Gasteiger partial charge in [0.1, 0.15) is 0 Å². The molecule has 0 radical (unpaired) electrons. The maximum atomic E-state index is 13.1. The molecule has 1 amide bonds. The van der Waals surface area contributed by atoms with Crippen LogP contribution < -0.4 is 4.90 Å². The van der Waals surface area contributed by atoms with Crippen LogP contribution in [0.2, 0.25) is 10.0 Å². The molecule has 0 N–H and O–H groups in total. The molecule has 3 aromatic rings. The number of para-hydroxylation sites is 1. The molecule has 0 aromatic heterocycles. The van der Waals surface area contributed by atoms with Crippen LogP contribution in [0.5, 0.6) is 0 Å². The fourth-order valence-electron chi connectivity index (χ4n) is 2.93. The SMILES string of the molecule is O=C1/C(=C\c2cc([N+](=O)[O-])ccc2Sc2ccc(Cl)cc2)SC(=S)N1c1ccccc1Cl. The van der Waals surface area contributed by atoms with Crippen LogP contribution in [0.4, 0.5) is 11.4 Å². The third-order valence-corrected chi connectivity index (χ3v) is 7.39. The van der Waals surface area contributed by atoms with Crippen molar-refractivity contribution in [3.05, 3.63) is 97.4 Å². The van der Waals surface area contributed by atoms with E-state index in [1.165, 1.54) is 28.8 Å². The van der Waals surface area contributed by atoms with Crippen LogP contribution in [0, 0.1) is 10.1 Å². The number of amides is 1. The maximum absolute atomic E-state index is 13.1. The standard InChI is InChI=1S/C22H12Cl2N2O3S3/c23-14-5-8-16(9-6-14)31-19-10-7-15(26(28)29)11-13(19)12-20-21(27)25(22(30)32-20)18-4-2-1-3-17(18)24/h1-12H/b20-12+. The molecule has 0 aliphatic carbocycles. The van der Waals surface area contributed by atoms with Gasteiger partial charge < -0.3 is 0 Å². The van der Waals surface area contributed by atoms with Crippen LogP contribution in [-0.4, -0.2) is 15.2 Å². The second-order valence-corrected chi connectivity index (χ2v) is 10.1. The summed E-state index contributed by atoms with van der Waals surface area (Å²) >= 11 is 20.2. The van der Waals surface area contributed by atoms with Crippen LogP contribution in [0.15, 0.2) is 81.4 Å². The first-order valence-corrected chi connectivity index (χ1v) is 11.9. The number of hydrogen-bond donors (Lipinski definition) is 0. The summed E-state index contributed by atoms with van der Waals surface area (Å²) in [5.74, 6) is -0.331. The molecule has 0 saturated carbocycles. The van der Waals surface area contributed by atoms with Gasteiger partial charge in [-0.1, -0.05) is 71.1 Å². The van der Waals surface area contributed by atoms with Gasteiger partial charge in [0, 0.05) is 26.9 Å². The first-order valence-electron chi connectivity index (χ1n) is 9.08. The molecule has 5 nitrogen and oxygen atoms in total. The number of hydrogen-bond acceptors (Lipinski definition) is 6. The largest absolute Gasteiger partial charge is 0.270 e. The number of thioether (sulfide) groups is 1. The van der Waals surface area contributed by atoms with E-state index in [0.29, 0.717) is 30.5 Å². The number of rotatable bonds is 5. The fourth-order valence-corrected chi connectivity index (χ4v) is 5.45. The summed E-state index contributed by atoms with van der Waals surface area (Å²) in [6, 6.07) is 18.7. The number of nitro groups is 1. The molecule has 32 heavy (non-hydrogen) atoms. The van der Waals surface area contributed by atoms with Crippen LogP contribution >= 0.6 is 58.9 Å². The van der Waals surface area contributed by atoms with Crippen molar-refractivity contribution in [2.75, 3.05) is 4.90 Å². The molecule has 1 fully saturated rings. The number of carbonyl (C=O) groups is 1. The van der Waals surface area contributed by atoms with Gasteiger partial charge in [-0.05, 0) is 54.1 Å². The molecular weight excluding hydrogens is 507 g/mol. The highest BCUT2D eigenvalue weighted by atomic mass is 35.5. The van der Waals surface area contributed by atoms with Crippen molar-refractivity contribution >= 4 is 86.6 Å². The van der Waals surface area contributed by atoms with Gasteiger partial charge in [-0.15, -0.1) is 0 Å². The summed E-state index contributed by atoms with van der Waals surface area (Å²) in [6.07, 6.45) is 1.63. The van der Waals surface area contributed by atoms with Crippen molar-refractivity contribution in [3.63, 3.8) is 0 Å². The van der Waals surface area contributed by atoms with E-state index in [9.17, 15) is 14.9 Å². The molecular formula is C22H12Cl2N2O3S3. The minimum absolute atomic E-state index is 0.0710. The normalized spacial score (nSPS) is 14.9. The Kier molecular flexibility index (Phi) is 6.88. The Morgan fingerprint density at radius 2 is 1.78 bits per heavy atom. The molecule has 0 unspecified atom stereocenters. The molecule has 1 heterocycles. The van der Waals surface area contributed by atoms with E-state index in [1.54, 1.807) is 48.5 Å². The van der Waals surface area contributed by atoms with Gasteiger partial charge in [-0.25, -0.2) is 0 Å². The smallest absolute Gasteiger partial charge is 0.268 e. The van der Waals surface area contributed by atoms with Crippen LogP contribution in [-0.2, 0) is 4.79 Å². The van der Waals surface area contributed by atoms with Gasteiger partial charge in [0.05, 0.1) is 20.5 Å². The summed E-state index contributed by atoms with van der Waals surface area (Å²) < 4.78 is 0.340. The molecule has 10 heteroatoms. The maximum Gasteiger partial charge on any atom is 0.270 e. The van der Waals surface area contributed by atoms with Gasteiger partial charge in [-0.2, -0.15) is 0 Å². The summed E-state index contributed by atoms with van der Waals surface area (Å²) in [6.45, 7) is 0. The van der Waals surface area contributed by atoms with Crippen molar-refractivity contribution in [1.29, 1.82) is 0 Å². The van der Waals surface area contributed by atoms with Crippen LogP contribution in [0.25, 0.3) is 6.08 Å². The van der Waals surface area contributed by atoms with Crippen molar-refractivity contribution in [2.24, 2.45) is 0 Å². The molecule has 0 atom stereocenters. The van der Waals surface area contributed by atoms with Crippen molar-refractivity contribution in [3.8, 4) is 0 Å². The molecule has 4 rings (SSSR count). The van der Waals surface area contributed by atoms with Gasteiger partial charge in [0.15, 0.2) is 4.32 Å². The van der Waals surface area contributed by atoms with Crippen molar-refractivity contribution in [2.45, 2.75) is 9.79 Å². The number of nitrogens with zero attached hydrogens (tertiary/aromatic N) is 2. The van der Waals surface area contributed by atoms with E-state index in [1.807, 2.05) is 12.1 Å². The highest BCUT2D eigenvalue weighted by molar-refractivity contribution is 8.27. The van der Waals surface area contributed by atoms with Gasteiger partial charge >= 0.3 is 0 Å². The predicted molar refractivity (Wildman–Crippen MR) is 136 cm³/mol. The third kappa shape index (κ3) is 4.84. The molecule has 0 spiro atoms. The average molecular weight is 519 g/mol. The number of non-ortho nitro benzene ring substituents is 1. The number of halogens is 2. The number of anilines is 1. The highest BCUT2D eigenvalue weighted by Crippen LogP contribution is 2.41. The van der Waals surface area contributed by atoms with Crippen LogP contribution in [0.3, 0.4) is 0 Å². The number of thiocarbonyl (C=S) groups is 1. The van der Waals surface area contributed by atoms with Gasteiger partial charge in [0.2, 0.25) is 0 Å². The van der Waals surface area contributed by atoms with E-state index in [0.717, 1.165) is 21.6 Å². The summed E-state index contributed by atoms with van der Waals surface area (Å²) in [5, 5.41) is 12.4. The third-order valence-electron chi connectivity index (χ3n) is 4.42. The minimum atomic E-state index is -0.469. The average Bonchev–Trinajstić information content (AvgIpc) is 3.04. The molecule has 1 aliphatic heterocycles. The van der Waals surface area contributed by atoms with Crippen LogP contribution in [0.1, 0.15) is 5.56 Å². The molecule has 0 bridgehead atoms. The van der Waals surface area contributed by atoms with E-state index >= 15 is 0 Å². The summed E-state index contributed by atoms with van der Waals surface area (Å²) in [7, 11) is 0. The zero-order valence-electron chi connectivity index (χ0n) is 16.0. The summed E-state index contributed by atoms with van der Waals surface area (Å²) in [4.78, 5) is 27.4. The fraction of sp³-hybridized carbons (Fsp3) is 0.